The van der Waals surface area contributed by atoms with Gasteiger partial charge in [0, 0.05) is 16.4 Å². The van der Waals surface area contributed by atoms with Crippen molar-refractivity contribution in [1.82, 2.24) is 5.16 Å². The Morgan fingerprint density at radius 2 is 1.76 bits per heavy atom. The predicted octanol–water partition coefficient (Wildman–Crippen LogP) is 6.75. The molecule has 0 atom stereocenters. The summed E-state index contributed by atoms with van der Waals surface area (Å²) in [5.74, 6) is -0.883. The van der Waals surface area contributed by atoms with Crippen molar-refractivity contribution in [2.45, 2.75) is 71.6 Å². The van der Waals surface area contributed by atoms with Gasteiger partial charge >= 0.3 is 0 Å². The summed E-state index contributed by atoms with van der Waals surface area (Å²) in [4.78, 5) is 27.6. The van der Waals surface area contributed by atoms with Gasteiger partial charge in [-0.15, -0.1) is 11.3 Å². The van der Waals surface area contributed by atoms with Crippen LogP contribution in [0.5, 0.6) is 0 Å². The first-order valence-corrected chi connectivity index (χ1v) is 14.8. The Balaban J connectivity index is 1.71. The van der Waals surface area contributed by atoms with Gasteiger partial charge in [0.1, 0.15) is 20.5 Å². The highest BCUT2D eigenvalue weighted by atomic mass is 35.5. The van der Waals surface area contributed by atoms with Crippen molar-refractivity contribution in [2.75, 3.05) is 10.0 Å². The second-order valence-electron chi connectivity index (χ2n) is 9.62. The molecule has 0 radical (unpaired) electrons. The van der Waals surface area contributed by atoms with Gasteiger partial charge in [0.25, 0.3) is 21.8 Å². The summed E-state index contributed by atoms with van der Waals surface area (Å²) in [5.41, 5.74) is 3.32. The van der Waals surface area contributed by atoms with Crippen LogP contribution in [0.3, 0.4) is 0 Å². The van der Waals surface area contributed by atoms with Crippen LogP contribution in [0.2, 0.25) is 5.02 Å². The molecule has 1 aliphatic rings. The van der Waals surface area contributed by atoms with Gasteiger partial charge in [0.05, 0.1) is 5.69 Å². The van der Waals surface area contributed by atoms with Gasteiger partial charge in [0.15, 0.2) is 5.78 Å². The number of anilines is 2. The van der Waals surface area contributed by atoms with Crippen LogP contribution in [0.15, 0.2) is 21.6 Å². The topological polar surface area (TPSA) is 118 Å². The average Bonchev–Trinajstić information content (AvgIpc) is 3.33. The number of aromatic nitrogens is 1. The standard InChI is InChI=1S/C26H30ClN3O5S2/c1-13-11-14(2)21(19(12-13)22(31)18-9-7-6-8-10-18)28-25(32)23-24(15(3)17(5)36-23)37(33,34)30-26-20(27)16(4)29-35-26/h11-12,18,30H,6-10H2,1-5H3,(H,28,32). The molecule has 1 aromatic carbocycles. The molecule has 2 heterocycles. The number of sulfonamides is 1. The maximum atomic E-state index is 13.6. The molecule has 8 nitrogen and oxygen atoms in total. The lowest BCUT2D eigenvalue weighted by molar-refractivity contribution is 0.0890. The average molecular weight is 564 g/mol. The van der Waals surface area contributed by atoms with Crippen LogP contribution in [-0.4, -0.2) is 25.3 Å². The van der Waals surface area contributed by atoms with Crippen molar-refractivity contribution in [3.63, 3.8) is 0 Å². The minimum Gasteiger partial charge on any atom is -0.336 e. The second kappa shape index (κ2) is 10.6. The maximum absolute atomic E-state index is 13.6. The molecule has 2 aromatic heterocycles. The van der Waals surface area contributed by atoms with Crippen molar-refractivity contribution in [3.8, 4) is 0 Å². The van der Waals surface area contributed by atoms with Crippen molar-refractivity contribution < 1.29 is 22.5 Å². The number of hydrogen-bond acceptors (Lipinski definition) is 7. The van der Waals surface area contributed by atoms with Crippen molar-refractivity contribution in [3.05, 3.63) is 54.9 Å². The van der Waals surface area contributed by atoms with E-state index in [2.05, 4.69) is 15.2 Å². The van der Waals surface area contributed by atoms with E-state index in [1.54, 1.807) is 26.8 Å². The third kappa shape index (κ3) is 5.46. The van der Waals surface area contributed by atoms with E-state index >= 15 is 0 Å². The molecule has 0 bridgehead atoms. The summed E-state index contributed by atoms with van der Waals surface area (Å²) in [7, 11) is -4.25. The van der Waals surface area contributed by atoms with E-state index in [1.807, 2.05) is 19.9 Å². The first-order valence-electron chi connectivity index (χ1n) is 12.1. The molecule has 1 aliphatic carbocycles. The number of halogens is 1. The summed E-state index contributed by atoms with van der Waals surface area (Å²) in [6.45, 7) is 8.71. The number of ketones is 1. The van der Waals surface area contributed by atoms with E-state index in [-0.39, 0.29) is 32.4 Å². The quantitative estimate of drug-likeness (QED) is 0.307. The molecule has 11 heteroatoms. The van der Waals surface area contributed by atoms with Crippen LogP contribution < -0.4 is 10.0 Å². The largest absolute Gasteiger partial charge is 0.336 e. The van der Waals surface area contributed by atoms with Gasteiger partial charge in [0.2, 0.25) is 0 Å². The number of benzene rings is 1. The first kappa shape index (κ1) is 27.3. The van der Waals surface area contributed by atoms with Crippen LogP contribution in [0.4, 0.5) is 11.6 Å². The van der Waals surface area contributed by atoms with E-state index in [0.29, 0.717) is 27.4 Å². The molecule has 198 valence electrons. The number of carbonyl (C=O) groups excluding carboxylic acids is 2. The molecular weight excluding hydrogens is 534 g/mol. The third-order valence-electron chi connectivity index (χ3n) is 6.78. The number of aryl methyl sites for hydroxylation is 4. The Morgan fingerprint density at radius 1 is 1.08 bits per heavy atom. The molecular formula is C26H30ClN3O5S2. The fraction of sp³-hybridized carbons (Fsp3) is 0.423. The number of nitrogens with zero attached hydrogens (tertiary/aromatic N) is 1. The lowest BCUT2D eigenvalue weighted by Gasteiger charge is -2.23. The van der Waals surface area contributed by atoms with Crippen molar-refractivity contribution >= 4 is 56.2 Å². The number of carbonyl (C=O) groups is 2. The van der Waals surface area contributed by atoms with Gasteiger partial charge < -0.3 is 9.84 Å². The number of thiophene rings is 1. The zero-order chi connectivity index (χ0) is 27.1. The van der Waals surface area contributed by atoms with E-state index < -0.39 is 15.9 Å². The summed E-state index contributed by atoms with van der Waals surface area (Å²) >= 11 is 7.18. The van der Waals surface area contributed by atoms with Gasteiger partial charge in [-0.2, -0.15) is 0 Å². The number of Topliss-reactive ketones (excluding diaryl/α,β-unsaturated/α-hetero) is 1. The summed E-state index contributed by atoms with van der Waals surface area (Å²) in [6, 6.07) is 3.70. The summed E-state index contributed by atoms with van der Waals surface area (Å²) < 4.78 is 34.1. The normalized spacial score (nSPS) is 14.5. The Bertz CT molecular complexity index is 1480. The number of nitrogens with one attached hydrogen (secondary N) is 2. The molecule has 0 unspecified atom stereocenters. The van der Waals surface area contributed by atoms with Gasteiger partial charge in [-0.05, 0) is 70.2 Å². The number of hydrogen-bond donors (Lipinski definition) is 2. The van der Waals surface area contributed by atoms with Gasteiger partial charge in [-0.25, -0.2) is 13.1 Å². The maximum Gasteiger partial charge on any atom is 0.267 e. The van der Waals surface area contributed by atoms with Crippen LogP contribution in [0.25, 0.3) is 0 Å². The number of rotatable bonds is 7. The number of amides is 1. The smallest absolute Gasteiger partial charge is 0.267 e. The third-order valence-corrected chi connectivity index (χ3v) is 10.1. The highest BCUT2D eigenvalue weighted by Crippen LogP contribution is 2.36. The lowest BCUT2D eigenvalue weighted by Crippen LogP contribution is -2.23. The summed E-state index contributed by atoms with van der Waals surface area (Å²) in [6.07, 6.45) is 4.82. The molecule has 37 heavy (non-hydrogen) atoms. The van der Waals surface area contributed by atoms with Crippen LogP contribution in [-0.2, 0) is 10.0 Å². The molecule has 1 saturated carbocycles. The van der Waals surface area contributed by atoms with Gasteiger partial charge in [-0.1, -0.05) is 42.1 Å². The minimum absolute atomic E-state index is 0.00546. The van der Waals surface area contributed by atoms with E-state index in [4.69, 9.17) is 16.1 Å². The summed E-state index contributed by atoms with van der Waals surface area (Å²) in [5, 5.41) is 6.59. The van der Waals surface area contributed by atoms with E-state index in [1.165, 1.54) is 0 Å². The fourth-order valence-electron chi connectivity index (χ4n) is 4.76. The molecule has 3 aromatic rings. The van der Waals surface area contributed by atoms with Crippen LogP contribution in [0, 0.1) is 40.5 Å². The zero-order valence-corrected chi connectivity index (χ0v) is 23.8. The van der Waals surface area contributed by atoms with Crippen molar-refractivity contribution in [1.29, 1.82) is 0 Å². The Morgan fingerprint density at radius 3 is 2.38 bits per heavy atom. The molecule has 2 N–H and O–H groups in total. The first-order chi connectivity index (χ1) is 17.4. The highest BCUT2D eigenvalue weighted by molar-refractivity contribution is 7.93. The molecule has 1 amide bonds. The highest BCUT2D eigenvalue weighted by Gasteiger charge is 2.32. The van der Waals surface area contributed by atoms with Crippen LogP contribution in [0.1, 0.15) is 79.4 Å². The van der Waals surface area contributed by atoms with E-state index in [9.17, 15) is 18.0 Å². The van der Waals surface area contributed by atoms with Gasteiger partial charge in [-0.3, -0.25) is 9.59 Å². The SMILES string of the molecule is Cc1cc(C)c(NC(=O)c2sc(C)c(C)c2S(=O)(=O)Nc2onc(C)c2Cl)c(C(=O)C2CCCCC2)c1. The Kier molecular flexibility index (Phi) is 7.83. The molecule has 4 rings (SSSR count). The Hall–Kier alpha value is -2.69. The molecule has 0 saturated heterocycles. The monoisotopic (exact) mass is 563 g/mol. The Labute approximate surface area is 225 Å². The lowest BCUT2D eigenvalue weighted by atomic mass is 9.82. The minimum atomic E-state index is -4.25. The predicted molar refractivity (Wildman–Crippen MR) is 146 cm³/mol. The van der Waals surface area contributed by atoms with E-state index in [0.717, 1.165) is 54.6 Å². The van der Waals surface area contributed by atoms with Crippen LogP contribution >= 0.6 is 22.9 Å². The second-order valence-corrected chi connectivity index (χ2v) is 12.8. The molecule has 1 fully saturated rings. The fourth-order valence-corrected chi connectivity index (χ4v) is 7.78. The van der Waals surface area contributed by atoms with Crippen molar-refractivity contribution in [2.24, 2.45) is 5.92 Å². The molecule has 0 spiro atoms. The zero-order valence-electron chi connectivity index (χ0n) is 21.5. The molecule has 0 aliphatic heterocycles.